The first-order valence-corrected chi connectivity index (χ1v) is 8.38. The van der Waals surface area contributed by atoms with Crippen LogP contribution < -0.4 is 0 Å². The lowest BCUT2D eigenvalue weighted by molar-refractivity contribution is -0.241. The molecule has 0 N–H and O–H groups in total. The van der Waals surface area contributed by atoms with E-state index in [2.05, 4.69) is 13.8 Å². The second-order valence-corrected chi connectivity index (χ2v) is 7.69. The van der Waals surface area contributed by atoms with Crippen molar-refractivity contribution in [2.45, 2.75) is 58.2 Å². The van der Waals surface area contributed by atoms with Crippen molar-refractivity contribution in [1.82, 2.24) is 0 Å². The van der Waals surface area contributed by atoms with Crippen LogP contribution in [0.1, 0.15) is 52.4 Å². The first-order chi connectivity index (χ1) is 9.57. The maximum absolute atomic E-state index is 12.3. The van der Waals surface area contributed by atoms with E-state index in [1.807, 2.05) is 0 Å². The third kappa shape index (κ3) is 1.57. The van der Waals surface area contributed by atoms with E-state index in [-0.39, 0.29) is 11.2 Å². The summed E-state index contributed by atoms with van der Waals surface area (Å²) in [6.45, 7) is 6.06. The Bertz CT molecular complexity index is 426. The molecule has 4 rings (SSSR count). The topological polar surface area (TPSA) is 35.5 Å². The van der Waals surface area contributed by atoms with Crippen molar-refractivity contribution in [2.24, 2.45) is 29.1 Å². The number of ketones is 1. The molecular formula is C17H26O3. The molecular weight excluding hydrogens is 252 g/mol. The van der Waals surface area contributed by atoms with Crippen molar-refractivity contribution >= 4 is 5.78 Å². The average molecular weight is 278 g/mol. The number of hydrogen-bond donors (Lipinski definition) is 0. The second-order valence-electron chi connectivity index (χ2n) is 7.69. The highest BCUT2D eigenvalue weighted by molar-refractivity contribution is 5.87. The van der Waals surface area contributed by atoms with E-state index in [0.717, 1.165) is 38.9 Å². The molecule has 0 amide bonds. The summed E-state index contributed by atoms with van der Waals surface area (Å²) in [5, 5.41) is 0. The predicted octanol–water partition coefficient (Wildman–Crippen LogP) is 3.17. The Kier molecular flexibility index (Phi) is 2.85. The number of hydrogen-bond acceptors (Lipinski definition) is 3. The van der Waals surface area contributed by atoms with Crippen molar-refractivity contribution in [3.63, 3.8) is 0 Å². The van der Waals surface area contributed by atoms with Crippen LogP contribution in [0.4, 0.5) is 0 Å². The molecule has 0 aromatic heterocycles. The summed E-state index contributed by atoms with van der Waals surface area (Å²) in [5.41, 5.74) is -0.0111. The Hall–Kier alpha value is -0.410. The molecule has 0 radical (unpaired) electrons. The zero-order chi connectivity index (χ0) is 14.0. The van der Waals surface area contributed by atoms with Gasteiger partial charge in [0.05, 0.1) is 13.2 Å². The predicted molar refractivity (Wildman–Crippen MR) is 75.1 cm³/mol. The molecule has 1 heterocycles. The Morgan fingerprint density at radius 3 is 2.50 bits per heavy atom. The number of carbonyl (C=O) groups excluding carboxylic acids is 1. The van der Waals surface area contributed by atoms with Crippen LogP contribution in [0.25, 0.3) is 0 Å². The van der Waals surface area contributed by atoms with Gasteiger partial charge in [-0.3, -0.25) is 4.79 Å². The fraction of sp³-hybridized carbons (Fsp3) is 0.941. The molecule has 3 heteroatoms. The molecule has 0 bridgehead atoms. The highest BCUT2D eigenvalue weighted by Gasteiger charge is 2.59. The van der Waals surface area contributed by atoms with Crippen molar-refractivity contribution < 1.29 is 14.3 Å². The van der Waals surface area contributed by atoms with Gasteiger partial charge in [0.1, 0.15) is 5.78 Å². The van der Waals surface area contributed by atoms with Crippen LogP contribution in [0.15, 0.2) is 0 Å². The smallest absolute Gasteiger partial charge is 0.171 e. The minimum absolute atomic E-state index is 0.0111. The summed E-state index contributed by atoms with van der Waals surface area (Å²) >= 11 is 0. The molecule has 1 spiro atoms. The number of carbonyl (C=O) groups is 1. The molecule has 1 saturated heterocycles. The van der Waals surface area contributed by atoms with E-state index in [9.17, 15) is 4.79 Å². The quantitative estimate of drug-likeness (QED) is 0.683. The molecule has 3 saturated carbocycles. The summed E-state index contributed by atoms with van der Waals surface area (Å²) in [5.74, 6) is 2.73. The monoisotopic (exact) mass is 278 g/mol. The summed E-state index contributed by atoms with van der Waals surface area (Å²) in [4.78, 5) is 12.3. The van der Waals surface area contributed by atoms with Gasteiger partial charge >= 0.3 is 0 Å². The van der Waals surface area contributed by atoms with Crippen molar-refractivity contribution in [2.75, 3.05) is 13.2 Å². The number of ether oxygens (including phenoxy) is 2. The molecule has 3 aliphatic carbocycles. The molecule has 0 aromatic rings. The fourth-order valence-corrected chi connectivity index (χ4v) is 5.92. The van der Waals surface area contributed by atoms with E-state index in [0.29, 0.717) is 29.5 Å². The number of Topliss-reactive ketones (excluding diaryl/α,β-unsaturated/α-hetero) is 1. The van der Waals surface area contributed by atoms with Crippen molar-refractivity contribution in [3.05, 3.63) is 0 Å². The van der Waals surface area contributed by atoms with Gasteiger partial charge in [-0.05, 0) is 43.4 Å². The van der Waals surface area contributed by atoms with Gasteiger partial charge in [0.25, 0.3) is 0 Å². The van der Waals surface area contributed by atoms with E-state index in [4.69, 9.17) is 9.47 Å². The SMILES string of the molecule is C[C@H]1[C@@H]2CC[C@]3(C)C(=O)CCC3[C@@H]2CCC12OCCO2. The third-order valence-corrected chi connectivity index (χ3v) is 7.14. The van der Waals surface area contributed by atoms with E-state index in [1.165, 1.54) is 12.8 Å². The van der Waals surface area contributed by atoms with Gasteiger partial charge in [-0.2, -0.15) is 0 Å². The molecule has 1 unspecified atom stereocenters. The van der Waals surface area contributed by atoms with Crippen LogP contribution in [0.3, 0.4) is 0 Å². The number of fused-ring (bicyclic) bond motifs is 3. The average Bonchev–Trinajstić information content (AvgIpc) is 3.02. The van der Waals surface area contributed by atoms with Crippen LogP contribution in [-0.4, -0.2) is 24.8 Å². The van der Waals surface area contributed by atoms with Crippen molar-refractivity contribution in [1.29, 1.82) is 0 Å². The minimum Gasteiger partial charge on any atom is -0.347 e. The van der Waals surface area contributed by atoms with Crippen LogP contribution >= 0.6 is 0 Å². The van der Waals surface area contributed by atoms with Crippen LogP contribution in [-0.2, 0) is 14.3 Å². The van der Waals surface area contributed by atoms with E-state index >= 15 is 0 Å². The van der Waals surface area contributed by atoms with Crippen LogP contribution in [0.5, 0.6) is 0 Å². The van der Waals surface area contributed by atoms with E-state index in [1.54, 1.807) is 0 Å². The first-order valence-electron chi connectivity index (χ1n) is 8.38. The highest BCUT2D eigenvalue weighted by atomic mass is 16.7. The summed E-state index contributed by atoms with van der Waals surface area (Å²) in [6.07, 6.45) is 6.41. The van der Waals surface area contributed by atoms with Crippen LogP contribution in [0, 0.1) is 29.1 Å². The maximum atomic E-state index is 12.3. The molecule has 20 heavy (non-hydrogen) atoms. The molecule has 4 aliphatic rings. The van der Waals surface area contributed by atoms with Gasteiger partial charge in [0, 0.05) is 24.2 Å². The standard InChI is InChI=1S/C17H26O3/c1-11-12-5-7-16(2)14(3-4-15(16)18)13(12)6-8-17(11)19-9-10-20-17/h11-14H,3-10H2,1-2H3/t11-,12-,13+,14?,16-/m0/s1. The summed E-state index contributed by atoms with van der Waals surface area (Å²) in [7, 11) is 0. The minimum atomic E-state index is -0.294. The summed E-state index contributed by atoms with van der Waals surface area (Å²) < 4.78 is 12.0. The molecule has 112 valence electrons. The maximum Gasteiger partial charge on any atom is 0.171 e. The Morgan fingerprint density at radius 2 is 1.75 bits per heavy atom. The van der Waals surface area contributed by atoms with Gasteiger partial charge in [0.2, 0.25) is 0 Å². The zero-order valence-corrected chi connectivity index (χ0v) is 12.7. The van der Waals surface area contributed by atoms with Gasteiger partial charge in [-0.25, -0.2) is 0 Å². The van der Waals surface area contributed by atoms with Gasteiger partial charge < -0.3 is 9.47 Å². The van der Waals surface area contributed by atoms with Crippen LogP contribution in [0.2, 0.25) is 0 Å². The molecule has 3 nitrogen and oxygen atoms in total. The Balaban J connectivity index is 1.61. The lowest BCUT2D eigenvalue weighted by Gasteiger charge is -2.54. The molecule has 5 atom stereocenters. The number of rotatable bonds is 0. The Morgan fingerprint density at radius 1 is 1.05 bits per heavy atom. The van der Waals surface area contributed by atoms with E-state index < -0.39 is 0 Å². The van der Waals surface area contributed by atoms with Crippen molar-refractivity contribution in [3.8, 4) is 0 Å². The first kappa shape index (κ1) is 13.3. The van der Waals surface area contributed by atoms with Gasteiger partial charge in [-0.15, -0.1) is 0 Å². The molecule has 1 aliphatic heterocycles. The second kappa shape index (κ2) is 4.30. The largest absolute Gasteiger partial charge is 0.347 e. The lowest BCUT2D eigenvalue weighted by atomic mass is 9.53. The van der Waals surface area contributed by atoms with Gasteiger partial charge in [0.15, 0.2) is 5.79 Å². The molecule has 4 fully saturated rings. The highest BCUT2D eigenvalue weighted by Crippen LogP contribution is 2.61. The fourth-order valence-electron chi connectivity index (χ4n) is 5.92. The normalized spacial score (nSPS) is 50.2. The zero-order valence-electron chi connectivity index (χ0n) is 12.7. The third-order valence-electron chi connectivity index (χ3n) is 7.14. The molecule has 0 aromatic carbocycles. The van der Waals surface area contributed by atoms with Gasteiger partial charge in [-0.1, -0.05) is 13.8 Å². The lowest BCUT2D eigenvalue weighted by Crippen LogP contribution is -2.53. The summed E-state index contributed by atoms with van der Waals surface area (Å²) in [6, 6.07) is 0. The Labute approximate surface area is 121 Å².